The fourth-order valence-corrected chi connectivity index (χ4v) is 2.63. The second-order valence-electron chi connectivity index (χ2n) is 3.70. The molecule has 2 aromatic rings. The Morgan fingerprint density at radius 3 is 1.90 bits per heavy atom. The Balaban J connectivity index is 3.06. The predicted octanol–water partition coefficient (Wildman–Crippen LogP) is 3.17. The molecule has 0 bridgehead atoms. The van der Waals surface area contributed by atoms with Gasteiger partial charge in [0.15, 0.2) is 0 Å². The van der Waals surface area contributed by atoms with Crippen molar-refractivity contribution in [2.75, 3.05) is 0 Å². The molecule has 10 heteroatoms. The highest BCUT2D eigenvalue weighted by Crippen LogP contribution is 2.40. The average Bonchev–Trinajstić information content (AvgIpc) is 2.37. The first kappa shape index (κ1) is 14.0. The number of fused-ring (bicyclic) bond motifs is 1. The summed E-state index contributed by atoms with van der Waals surface area (Å²) in [7, 11) is 0. The van der Waals surface area contributed by atoms with Gasteiger partial charge in [0.1, 0.15) is 5.39 Å². The van der Waals surface area contributed by atoms with Crippen molar-refractivity contribution in [1.29, 1.82) is 0 Å². The first-order valence-corrected chi connectivity index (χ1v) is 6.11. The number of rotatable bonds is 3. The van der Waals surface area contributed by atoms with Crippen LogP contribution >= 0.6 is 22.6 Å². The molecule has 9 nitrogen and oxygen atoms in total. The van der Waals surface area contributed by atoms with Crippen LogP contribution in [-0.2, 0) is 0 Å². The molecule has 0 heterocycles. The maximum Gasteiger partial charge on any atom is 0.291 e. The van der Waals surface area contributed by atoms with Crippen molar-refractivity contribution >= 4 is 50.4 Å². The summed E-state index contributed by atoms with van der Waals surface area (Å²) in [5.41, 5.74) is -1.56. The first-order valence-electron chi connectivity index (χ1n) is 5.03. The molecule has 0 unspecified atom stereocenters. The Morgan fingerprint density at radius 2 is 1.40 bits per heavy atom. The lowest BCUT2D eigenvalue weighted by Crippen LogP contribution is -1.99. The minimum absolute atomic E-state index is 0.112. The van der Waals surface area contributed by atoms with Crippen molar-refractivity contribution in [2.24, 2.45) is 0 Å². The van der Waals surface area contributed by atoms with Gasteiger partial charge in [-0.1, -0.05) is 12.1 Å². The van der Waals surface area contributed by atoms with Gasteiger partial charge in [-0.25, -0.2) is 0 Å². The molecule has 0 aliphatic heterocycles. The molecule has 2 rings (SSSR count). The molecule has 0 fully saturated rings. The van der Waals surface area contributed by atoms with E-state index in [0.717, 1.165) is 12.1 Å². The van der Waals surface area contributed by atoms with Crippen molar-refractivity contribution in [3.05, 3.63) is 58.2 Å². The third-order valence-electron chi connectivity index (χ3n) is 2.62. The second kappa shape index (κ2) is 4.96. The smallest absolute Gasteiger partial charge is 0.258 e. The standard InChI is InChI=1S/C10H4IN3O6/c11-10-5-2-1-3-6(12(15)16)9(5)7(13(17)18)4-8(10)14(19)20/h1-4H. The van der Waals surface area contributed by atoms with E-state index < -0.39 is 31.8 Å². The highest BCUT2D eigenvalue weighted by Gasteiger charge is 2.29. The lowest BCUT2D eigenvalue weighted by atomic mass is 10.1. The van der Waals surface area contributed by atoms with Gasteiger partial charge >= 0.3 is 0 Å². The summed E-state index contributed by atoms with van der Waals surface area (Å²) in [5.74, 6) is 0. The Labute approximate surface area is 123 Å². The number of nitro benzene ring substituents is 3. The van der Waals surface area contributed by atoms with Crippen molar-refractivity contribution in [1.82, 2.24) is 0 Å². The highest BCUT2D eigenvalue weighted by atomic mass is 127. The van der Waals surface area contributed by atoms with Gasteiger partial charge in [0.25, 0.3) is 17.1 Å². The van der Waals surface area contributed by atoms with Crippen LogP contribution in [0, 0.1) is 33.9 Å². The molecule has 2 aromatic carbocycles. The van der Waals surface area contributed by atoms with Crippen LogP contribution in [0.4, 0.5) is 17.1 Å². The molecule has 0 saturated heterocycles. The monoisotopic (exact) mass is 389 g/mol. The van der Waals surface area contributed by atoms with Crippen molar-refractivity contribution in [2.45, 2.75) is 0 Å². The number of halogens is 1. The van der Waals surface area contributed by atoms with Crippen molar-refractivity contribution in [3.8, 4) is 0 Å². The number of hydrogen-bond donors (Lipinski definition) is 0. The number of nitrogens with zero attached hydrogens (tertiary/aromatic N) is 3. The maximum atomic E-state index is 11.0. The normalized spacial score (nSPS) is 10.4. The first-order chi connectivity index (χ1) is 9.34. The van der Waals surface area contributed by atoms with Crippen LogP contribution in [0.5, 0.6) is 0 Å². The van der Waals surface area contributed by atoms with Gasteiger partial charge in [-0.2, -0.15) is 0 Å². The second-order valence-corrected chi connectivity index (χ2v) is 4.78. The highest BCUT2D eigenvalue weighted by molar-refractivity contribution is 14.1. The molecule has 0 aliphatic carbocycles. The van der Waals surface area contributed by atoms with Crippen molar-refractivity contribution in [3.63, 3.8) is 0 Å². The maximum absolute atomic E-state index is 11.0. The Hall–Kier alpha value is -2.37. The van der Waals surface area contributed by atoms with E-state index in [1.54, 1.807) is 22.6 Å². The largest absolute Gasteiger partial charge is 0.291 e. The van der Waals surface area contributed by atoms with Gasteiger partial charge in [0.2, 0.25) is 0 Å². The molecule has 0 amide bonds. The van der Waals surface area contributed by atoms with E-state index in [1.807, 2.05) is 0 Å². The molecule has 0 spiro atoms. The third kappa shape index (κ3) is 2.13. The SMILES string of the molecule is O=[N+]([O-])c1cc([N+](=O)[O-])c2c([N+](=O)[O-])cccc2c1I. The topological polar surface area (TPSA) is 129 Å². The Morgan fingerprint density at radius 1 is 0.850 bits per heavy atom. The van der Waals surface area contributed by atoms with Gasteiger partial charge in [-0.15, -0.1) is 0 Å². The zero-order chi connectivity index (χ0) is 15.0. The zero-order valence-electron chi connectivity index (χ0n) is 9.48. The fraction of sp³-hybridized carbons (Fsp3) is 0. The van der Waals surface area contributed by atoms with E-state index in [2.05, 4.69) is 0 Å². The van der Waals surface area contributed by atoms with Gasteiger partial charge < -0.3 is 0 Å². The average molecular weight is 389 g/mol. The lowest BCUT2D eigenvalue weighted by molar-refractivity contribution is -0.395. The molecular formula is C10H4IN3O6. The van der Waals surface area contributed by atoms with Gasteiger partial charge in [-0.3, -0.25) is 30.3 Å². The molecule has 0 radical (unpaired) electrons. The fourth-order valence-electron chi connectivity index (χ4n) is 1.82. The van der Waals surface area contributed by atoms with Gasteiger partial charge in [0, 0.05) is 11.5 Å². The Bertz CT molecular complexity index is 775. The summed E-state index contributed by atoms with van der Waals surface area (Å²) in [4.78, 5) is 30.5. The quantitative estimate of drug-likeness (QED) is 0.450. The summed E-state index contributed by atoms with van der Waals surface area (Å²) in [5, 5.41) is 32.8. The van der Waals surface area contributed by atoms with Gasteiger partial charge in [-0.05, 0) is 22.6 Å². The molecule has 0 aromatic heterocycles. The predicted molar refractivity (Wildman–Crippen MR) is 76.6 cm³/mol. The third-order valence-corrected chi connectivity index (χ3v) is 3.76. The summed E-state index contributed by atoms with van der Waals surface area (Å²) in [6.07, 6.45) is 0. The molecule has 0 saturated carbocycles. The summed E-state index contributed by atoms with van der Waals surface area (Å²) >= 11 is 1.65. The van der Waals surface area contributed by atoms with E-state index in [9.17, 15) is 30.3 Å². The van der Waals surface area contributed by atoms with E-state index in [0.29, 0.717) is 0 Å². The van der Waals surface area contributed by atoms with E-state index in [1.165, 1.54) is 12.1 Å². The lowest BCUT2D eigenvalue weighted by Gasteiger charge is -2.04. The van der Waals surface area contributed by atoms with Crippen LogP contribution in [0.2, 0.25) is 0 Å². The summed E-state index contributed by atoms with van der Waals surface area (Å²) in [6.45, 7) is 0. The number of hydrogen-bond acceptors (Lipinski definition) is 6. The van der Waals surface area contributed by atoms with E-state index in [4.69, 9.17) is 0 Å². The molecule has 0 aliphatic rings. The zero-order valence-corrected chi connectivity index (χ0v) is 11.6. The molecular weight excluding hydrogens is 385 g/mol. The van der Waals surface area contributed by atoms with Crippen LogP contribution in [0.25, 0.3) is 10.8 Å². The van der Waals surface area contributed by atoms with Crippen LogP contribution < -0.4 is 0 Å². The minimum Gasteiger partial charge on any atom is -0.258 e. The van der Waals surface area contributed by atoms with E-state index >= 15 is 0 Å². The molecule has 20 heavy (non-hydrogen) atoms. The van der Waals surface area contributed by atoms with Crippen LogP contribution in [0.1, 0.15) is 0 Å². The molecule has 102 valence electrons. The number of nitro groups is 3. The summed E-state index contributed by atoms with van der Waals surface area (Å²) in [6, 6.07) is 4.58. The van der Waals surface area contributed by atoms with Crippen molar-refractivity contribution < 1.29 is 14.8 Å². The van der Waals surface area contributed by atoms with Crippen LogP contribution in [0.3, 0.4) is 0 Å². The minimum atomic E-state index is -0.863. The molecule has 0 atom stereocenters. The van der Waals surface area contributed by atoms with Crippen LogP contribution in [-0.4, -0.2) is 14.8 Å². The van der Waals surface area contributed by atoms with Crippen LogP contribution in [0.15, 0.2) is 24.3 Å². The number of benzene rings is 2. The van der Waals surface area contributed by atoms with Gasteiger partial charge in [0.05, 0.1) is 24.4 Å². The van der Waals surface area contributed by atoms with E-state index in [-0.39, 0.29) is 14.3 Å². The number of non-ortho nitro benzene ring substituents is 2. The Kier molecular flexibility index (Phi) is 3.48. The summed E-state index contributed by atoms with van der Waals surface area (Å²) < 4.78 is 0.122. The molecule has 0 N–H and O–H groups in total.